The minimum absolute atomic E-state index is 0.0993. The molecule has 26 heavy (non-hydrogen) atoms. The summed E-state index contributed by atoms with van der Waals surface area (Å²) in [4.78, 5) is 29.2. The average molecular weight is 357 g/mol. The molecule has 142 valence electrons. The first-order valence-corrected chi connectivity index (χ1v) is 9.96. The summed E-state index contributed by atoms with van der Waals surface area (Å²) in [7, 11) is 0. The van der Waals surface area contributed by atoms with E-state index in [-0.39, 0.29) is 29.8 Å². The zero-order chi connectivity index (χ0) is 18.7. The van der Waals surface area contributed by atoms with Gasteiger partial charge in [0.2, 0.25) is 5.91 Å². The molecule has 0 atom stereocenters. The van der Waals surface area contributed by atoms with E-state index < -0.39 is 0 Å². The Morgan fingerprint density at radius 3 is 2.38 bits per heavy atom. The summed E-state index contributed by atoms with van der Waals surface area (Å²) < 4.78 is 0. The third-order valence-corrected chi connectivity index (χ3v) is 5.49. The van der Waals surface area contributed by atoms with Gasteiger partial charge in [-0.05, 0) is 58.6 Å². The van der Waals surface area contributed by atoms with Crippen molar-refractivity contribution < 1.29 is 9.59 Å². The van der Waals surface area contributed by atoms with Crippen LogP contribution in [0, 0.1) is 5.92 Å². The number of benzene rings is 1. The Bertz CT molecular complexity index is 646. The Balaban J connectivity index is 1.66. The number of nitrogens with zero attached hydrogens (tertiary/aromatic N) is 2. The Kier molecular flexibility index (Phi) is 5.84. The zero-order valence-electron chi connectivity index (χ0n) is 16.2. The Morgan fingerprint density at radius 2 is 1.81 bits per heavy atom. The fourth-order valence-corrected chi connectivity index (χ4v) is 3.76. The van der Waals surface area contributed by atoms with Crippen LogP contribution < -0.4 is 10.2 Å². The lowest BCUT2D eigenvalue weighted by molar-refractivity contribution is -0.123. The monoisotopic (exact) mass is 357 g/mol. The molecule has 1 aromatic carbocycles. The first-order chi connectivity index (χ1) is 12.5. The van der Waals surface area contributed by atoms with Gasteiger partial charge in [-0.3, -0.25) is 9.59 Å². The van der Waals surface area contributed by atoms with Crippen molar-refractivity contribution in [3.63, 3.8) is 0 Å². The average Bonchev–Trinajstić information content (AvgIpc) is 3.48. The number of carbonyl (C=O) groups is 2. The highest BCUT2D eigenvalue weighted by Gasteiger charge is 2.32. The maximum atomic E-state index is 13.0. The highest BCUT2D eigenvalue weighted by molar-refractivity contribution is 6.00. The number of piperidine rings is 1. The molecule has 1 heterocycles. The van der Waals surface area contributed by atoms with Gasteiger partial charge in [-0.1, -0.05) is 12.1 Å². The fraction of sp³-hybridized carbons (Fsp3) is 0.619. The molecule has 2 fully saturated rings. The molecule has 3 rings (SSSR count). The minimum Gasteiger partial charge on any atom is -0.371 e. The van der Waals surface area contributed by atoms with Crippen LogP contribution in [0.1, 0.15) is 56.8 Å². The quantitative estimate of drug-likeness (QED) is 0.851. The molecule has 1 aliphatic carbocycles. The second-order valence-corrected chi connectivity index (χ2v) is 7.75. The number of hydrogen-bond donors (Lipinski definition) is 1. The van der Waals surface area contributed by atoms with Crippen LogP contribution in [-0.4, -0.2) is 48.4 Å². The Morgan fingerprint density at radius 1 is 1.15 bits per heavy atom. The molecule has 5 heteroatoms. The van der Waals surface area contributed by atoms with Gasteiger partial charge in [0.05, 0.1) is 5.56 Å². The van der Waals surface area contributed by atoms with Crippen molar-refractivity contribution in [3.05, 3.63) is 29.8 Å². The largest absolute Gasteiger partial charge is 0.371 e. The molecule has 0 radical (unpaired) electrons. The van der Waals surface area contributed by atoms with Crippen LogP contribution >= 0.6 is 0 Å². The number of hydrogen-bond acceptors (Lipinski definition) is 3. The normalized spacial score (nSPS) is 18.1. The van der Waals surface area contributed by atoms with Crippen LogP contribution in [-0.2, 0) is 4.79 Å². The number of anilines is 1. The van der Waals surface area contributed by atoms with E-state index in [1.165, 1.54) is 0 Å². The zero-order valence-corrected chi connectivity index (χ0v) is 16.2. The van der Waals surface area contributed by atoms with Crippen molar-refractivity contribution in [1.82, 2.24) is 10.2 Å². The van der Waals surface area contributed by atoms with Gasteiger partial charge in [0.15, 0.2) is 0 Å². The molecule has 1 N–H and O–H groups in total. The van der Waals surface area contributed by atoms with Crippen LogP contribution in [0.4, 0.5) is 5.69 Å². The van der Waals surface area contributed by atoms with Crippen LogP contribution in [0.2, 0.25) is 0 Å². The number of para-hydroxylation sites is 1. The fourth-order valence-electron chi connectivity index (χ4n) is 3.76. The van der Waals surface area contributed by atoms with Gasteiger partial charge in [-0.25, -0.2) is 0 Å². The summed E-state index contributed by atoms with van der Waals surface area (Å²) in [6.07, 6.45) is 3.96. The predicted molar refractivity (Wildman–Crippen MR) is 104 cm³/mol. The summed E-state index contributed by atoms with van der Waals surface area (Å²) in [5.74, 6) is 0.597. The third kappa shape index (κ3) is 4.19. The van der Waals surface area contributed by atoms with Crippen molar-refractivity contribution >= 4 is 17.5 Å². The van der Waals surface area contributed by atoms with Gasteiger partial charge in [0.25, 0.3) is 5.91 Å². The van der Waals surface area contributed by atoms with E-state index in [1.54, 1.807) is 0 Å². The second kappa shape index (κ2) is 8.11. The molecule has 0 aromatic heterocycles. The summed E-state index contributed by atoms with van der Waals surface area (Å²) in [6.45, 7) is 8.58. The molecule has 1 saturated heterocycles. The lowest BCUT2D eigenvalue weighted by Gasteiger charge is -2.35. The van der Waals surface area contributed by atoms with E-state index in [9.17, 15) is 9.59 Å². The summed E-state index contributed by atoms with van der Waals surface area (Å²) in [5, 5.41) is 3.19. The number of carbonyl (C=O) groups excluding carboxylic acids is 2. The van der Waals surface area contributed by atoms with Crippen molar-refractivity contribution in [1.29, 1.82) is 0 Å². The van der Waals surface area contributed by atoms with Crippen LogP contribution in [0.15, 0.2) is 24.3 Å². The maximum absolute atomic E-state index is 13.0. The van der Waals surface area contributed by atoms with Crippen molar-refractivity contribution in [2.75, 3.05) is 24.5 Å². The number of rotatable bonds is 6. The number of nitrogens with one attached hydrogen (secondary N) is 1. The van der Waals surface area contributed by atoms with Crippen LogP contribution in [0.5, 0.6) is 0 Å². The third-order valence-electron chi connectivity index (χ3n) is 5.49. The Labute approximate surface area is 156 Å². The van der Waals surface area contributed by atoms with Gasteiger partial charge < -0.3 is 15.1 Å². The second-order valence-electron chi connectivity index (χ2n) is 7.75. The van der Waals surface area contributed by atoms with E-state index >= 15 is 0 Å². The highest BCUT2D eigenvalue weighted by Crippen LogP contribution is 2.30. The first kappa shape index (κ1) is 18.7. The van der Waals surface area contributed by atoms with E-state index in [1.807, 2.05) is 36.1 Å². The smallest absolute Gasteiger partial charge is 0.256 e. The molecule has 2 amide bonds. The molecule has 0 bridgehead atoms. The van der Waals surface area contributed by atoms with E-state index in [0.29, 0.717) is 6.54 Å². The lowest BCUT2D eigenvalue weighted by Crippen LogP contribution is -2.46. The first-order valence-electron chi connectivity index (χ1n) is 9.96. The van der Waals surface area contributed by atoms with Crippen molar-refractivity contribution in [2.24, 2.45) is 5.92 Å². The standard InChI is InChI=1S/C21H31N3O2/c1-4-24(15(2)3)21(26)18-7-5-6-8-19(18)23-13-11-17(12-14-23)22-20(25)16-9-10-16/h5-8,15-17H,4,9-14H2,1-3H3,(H,22,25). The lowest BCUT2D eigenvalue weighted by atomic mass is 10.0. The molecule has 5 nitrogen and oxygen atoms in total. The summed E-state index contributed by atoms with van der Waals surface area (Å²) in [5.41, 5.74) is 1.80. The minimum atomic E-state index is 0.0993. The van der Waals surface area contributed by atoms with Gasteiger partial charge in [0.1, 0.15) is 0 Å². The van der Waals surface area contributed by atoms with Crippen LogP contribution in [0.25, 0.3) is 0 Å². The van der Waals surface area contributed by atoms with Gasteiger partial charge in [-0.15, -0.1) is 0 Å². The molecule has 0 unspecified atom stereocenters. The molecular weight excluding hydrogens is 326 g/mol. The molecule has 2 aliphatic rings. The van der Waals surface area contributed by atoms with Crippen molar-refractivity contribution in [2.45, 2.75) is 58.5 Å². The molecule has 1 aromatic rings. The topological polar surface area (TPSA) is 52.7 Å². The summed E-state index contributed by atoms with van der Waals surface area (Å²) >= 11 is 0. The predicted octanol–water partition coefficient (Wildman–Crippen LogP) is 3.05. The maximum Gasteiger partial charge on any atom is 0.256 e. The molecule has 0 spiro atoms. The van der Waals surface area contributed by atoms with Gasteiger partial charge in [0, 0.05) is 43.3 Å². The molecule has 1 saturated carbocycles. The van der Waals surface area contributed by atoms with E-state index in [2.05, 4.69) is 24.1 Å². The SMILES string of the molecule is CCN(C(=O)c1ccccc1N1CCC(NC(=O)C2CC2)CC1)C(C)C. The van der Waals surface area contributed by atoms with Gasteiger partial charge in [-0.2, -0.15) is 0 Å². The van der Waals surface area contributed by atoms with Crippen molar-refractivity contribution in [3.8, 4) is 0 Å². The summed E-state index contributed by atoms with van der Waals surface area (Å²) in [6, 6.07) is 8.37. The van der Waals surface area contributed by atoms with E-state index in [4.69, 9.17) is 0 Å². The molecular formula is C21H31N3O2. The van der Waals surface area contributed by atoms with E-state index in [0.717, 1.165) is 50.0 Å². The number of amides is 2. The molecule has 1 aliphatic heterocycles. The van der Waals surface area contributed by atoms with Gasteiger partial charge >= 0.3 is 0 Å². The highest BCUT2D eigenvalue weighted by atomic mass is 16.2. The Hall–Kier alpha value is -2.04. The van der Waals surface area contributed by atoms with Crippen LogP contribution in [0.3, 0.4) is 0 Å².